The van der Waals surface area contributed by atoms with Crippen LogP contribution in [0.1, 0.15) is 29.5 Å². The van der Waals surface area contributed by atoms with Crippen molar-refractivity contribution in [3.63, 3.8) is 0 Å². The van der Waals surface area contributed by atoms with Crippen LogP contribution in [0, 0.1) is 5.92 Å². The molecular formula is C28H31ClN4O2. The van der Waals surface area contributed by atoms with Crippen molar-refractivity contribution in [2.75, 3.05) is 25.0 Å². The minimum absolute atomic E-state index is 0.00823. The molecule has 3 aromatic rings. The van der Waals surface area contributed by atoms with Gasteiger partial charge in [0.15, 0.2) is 0 Å². The SMILES string of the molecule is NCc1ccc(NC(=O)CCN2CC[C@@H](C(C(N)=O)(c3ccccc3)c3ccccc3)C2)c(Cl)c1. The monoisotopic (exact) mass is 490 g/mol. The maximum atomic E-state index is 13.2. The van der Waals surface area contributed by atoms with E-state index in [0.717, 1.165) is 29.7 Å². The number of hydrogen-bond donors (Lipinski definition) is 3. The predicted octanol–water partition coefficient (Wildman–Crippen LogP) is 3.92. The number of nitrogens with one attached hydrogen (secondary N) is 1. The third-order valence-electron chi connectivity index (χ3n) is 6.93. The molecule has 6 nitrogen and oxygen atoms in total. The number of carbonyl (C=O) groups is 2. The number of hydrogen-bond acceptors (Lipinski definition) is 4. The molecule has 1 aliphatic heterocycles. The van der Waals surface area contributed by atoms with Gasteiger partial charge in [0.2, 0.25) is 11.8 Å². The van der Waals surface area contributed by atoms with E-state index in [1.807, 2.05) is 66.7 Å². The van der Waals surface area contributed by atoms with Crippen LogP contribution in [-0.2, 0) is 21.5 Å². The van der Waals surface area contributed by atoms with Gasteiger partial charge in [-0.25, -0.2) is 0 Å². The Hall–Kier alpha value is -3.19. The molecule has 3 aromatic carbocycles. The molecule has 1 aliphatic rings. The molecule has 182 valence electrons. The molecule has 5 N–H and O–H groups in total. The topological polar surface area (TPSA) is 101 Å². The molecule has 0 bridgehead atoms. The van der Waals surface area contributed by atoms with Crippen LogP contribution in [0.3, 0.4) is 0 Å². The summed E-state index contributed by atoms with van der Waals surface area (Å²) in [5.74, 6) is -0.468. The highest BCUT2D eigenvalue weighted by Gasteiger charge is 2.49. The van der Waals surface area contributed by atoms with E-state index in [0.29, 0.717) is 36.8 Å². The minimum Gasteiger partial charge on any atom is -0.369 e. The van der Waals surface area contributed by atoms with E-state index in [-0.39, 0.29) is 17.7 Å². The van der Waals surface area contributed by atoms with Crippen molar-refractivity contribution in [3.8, 4) is 0 Å². The van der Waals surface area contributed by atoms with Gasteiger partial charge in [0.1, 0.15) is 5.41 Å². The van der Waals surface area contributed by atoms with E-state index >= 15 is 0 Å². The molecule has 0 unspecified atom stereocenters. The quantitative estimate of drug-likeness (QED) is 0.423. The number of likely N-dealkylation sites (tertiary alicyclic amines) is 1. The molecule has 1 heterocycles. The van der Waals surface area contributed by atoms with E-state index in [9.17, 15) is 9.59 Å². The number of primary amides is 1. The fourth-order valence-electron chi connectivity index (χ4n) is 5.17. The highest BCUT2D eigenvalue weighted by atomic mass is 35.5. The summed E-state index contributed by atoms with van der Waals surface area (Å²) in [5, 5.41) is 3.36. The summed E-state index contributed by atoms with van der Waals surface area (Å²) in [4.78, 5) is 28.0. The smallest absolute Gasteiger partial charge is 0.232 e. The maximum Gasteiger partial charge on any atom is 0.232 e. The zero-order valence-corrected chi connectivity index (χ0v) is 20.4. The Balaban J connectivity index is 1.47. The van der Waals surface area contributed by atoms with Gasteiger partial charge in [-0.3, -0.25) is 9.59 Å². The summed E-state index contributed by atoms with van der Waals surface area (Å²) in [6, 6.07) is 25.0. The number of nitrogens with zero attached hydrogens (tertiary/aromatic N) is 1. The van der Waals surface area contributed by atoms with E-state index in [2.05, 4.69) is 10.2 Å². The molecule has 1 atom stereocenters. The molecular weight excluding hydrogens is 460 g/mol. The number of rotatable bonds is 9. The van der Waals surface area contributed by atoms with E-state index in [1.165, 1.54) is 0 Å². The summed E-state index contributed by atoms with van der Waals surface area (Å²) in [7, 11) is 0. The molecule has 35 heavy (non-hydrogen) atoms. The summed E-state index contributed by atoms with van der Waals surface area (Å²) in [6.07, 6.45) is 1.13. The third-order valence-corrected chi connectivity index (χ3v) is 7.24. The standard InChI is InChI=1S/C28H31ClN4O2/c29-24-17-20(18-30)11-12-25(24)32-26(34)14-16-33-15-13-23(19-33)28(27(31)35,21-7-3-1-4-8-21)22-9-5-2-6-10-22/h1-12,17,23H,13-16,18-19,30H2,(H2,31,35)(H,32,34)/t23-/m1/s1. The summed E-state index contributed by atoms with van der Waals surface area (Å²) < 4.78 is 0. The van der Waals surface area contributed by atoms with Crippen LogP contribution in [0.5, 0.6) is 0 Å². The first kappa shape index (κ1) is 24.9. The molecule has 7 heteroatoms. The van der Waals surface area contributed by atoms with Crippen LogP contribution >= 0.6 is 11.6 Å². The predicted molar refractivity (Wildman–Crippen MR) is 140 cm³/mol. The van der Waals surface area contributed by atoms with Crippen LogP contribution in [0.15, 0.2) is 78.9 Å². The van der Waals surface area contributed by atoms with E-state index < -0.39 is 5.41 Å². The fraction of sp³-hybridized carbons (Fsp3) is 0.286. The Morgan fingerprint density at radius 1 is 1.00 bits per heavy atom. The Morgan fingerprint density at radius 3 is 2.17 bits per heavy atom. The Bertz CT molecular complexity index is 1130. The maximum absolute atomic E-state index is 13.2. The molecule has 0 saturated carbocycles. The second-order valence-electron chi connectivity index (χ2n) is 9.01. The second kappa shape index (κ2) is 11.0. The highest BCUT2D eigenvalue weighted by Crippen LogP contribution is 2.43. The zero-order valence-electron chi connectivity index (χ0n) is 19.6. The van der Waals surface area contributed by atoms with Gasteiger partial charge >= 0.3 is 0 Å². The zero-order chi connectivity index (χ0) is 24.8. The highest BCUT2D eigenvalue weighted by molar-refractivity contribution is 6.33. The number of benzene rings is 3. The van der Waals surface area contributed by atoms with Crippen molar-refractivity contribution < 1.29 is 9.59 Å². The number of amides is 2. The number of carbonyl (C=O) groups excluding carboxylic acids is 2. The lowest BCUT2D eigenvalue weighted by molar-refractivity contribution is -0.124. The number of anilines is 1. The summed E-state index contributed by atoms with van der Waals surface area (Å²) >= 11 is 6.27. The van der Waals surface area contributed by atoms with Crippen LogP contribution in [-0.4, -0.2) is 36.3 Å². The number of halogens is 1. The average Bonchev–Trinajstić information content (AvgIpc) is 3.35. The van der Waals surface area contributed by atoms with Crippen molar-refractivity contribution in [3.05, 3.63) is 101 Å². The number of nitrogens with two attached hydrogens (primary N) is 2. The first-order valence-electron chi connectivity index (χ1n) is 11.9. The normalized spacial score (nSPS) is 16.2. The Labute approximate surface area is 211 Å². The van der Waals surface area contributed by atoms with Gasteiger partial charge in [-0.2, -0.15) is 0 Å². The van der Waals surface area contributed by atoms with Crippen molar-refractivity contribution in [2.24, 2.45) is 17.4 Å². The van der Waals surface area contributed by atoms with Gasteiger partial charge in [-0.1, -0.05) is 78.3 Å². The lowest BCUT2D eigenvalue weighted by atomic mass is 9.64. The average molecular weight is 491 g/mol. The molecule has 0 radical (unpaired) electrons. The van der Waals surface area contributed by atoms with E-state index in [1.54, 1.807) is 12.1 Å². The summed E-state index contributed by atoms with van der Waals surface area (Å²) in [6.45, 7) is 2.44. The lowest BCUT2D eigenvalue weighted by Crippen LogP contribution is -2.49. The molecule has 1 saturated heterocycles. The molecule has 0 aromatic heterocycles. The molecule has 2 amide bonds. The van der Waals surface area contributed by atoms with Gasteiger partial charge in [0, 0.05) is 26.1 Å². The molecule has 0 aliphatic carbocycles. The van der Waals surface area contributed by atoms with Crippen molar-refractivity contribution in [2.45, 2.75) is 24.8 Å². The van der Waals surface area contributed by atoms with Crippen LogP contribution in [0.4, 0.5) is 5.69 Å². The first-order valence-corrected chi connectivity index (χ1v) is 12.2. The van der Waals surface area contributed by atoms with Crippen LogP contribution in [0.2, 0.25) is 5.02 Å². The third kappa shape index (κ3) is 5.25. The first-order chi connectivity index (χ1) is 16.9. The lowest BCUT2D eigenvalue weighted by Gasteiger charge is -2.37. The van der Waals surface area contributed by atoms with Gasteiger partial charge in [-0.05, 0) is 47.7 Å². The summed E-state index contributed by atoms with van der Waals surface area (Å²) in [5.41, 5.74) is 14.2. The van der Waals surface area contributed by atoms with Gasteiger partial charge in [0.25, 0.3) is 0 Å². The van der Waals surface area contributed by atoms with Crippen LogP contribution < -0.4 is 16.8 Å². The molecule has 0 spiro atoms. The fourth-order valence-corrected chi connectivity index (χ4v) is 5.42. The Kier molecular flexibility index (Phi) is 7.86. The van der Waals surface area contributed by atoms with Crippen molar-refractivity contribution in [1.29, 1.82) is 0 Å². The van der Waals surface area contributed by atoms with Gasteiger partial charge in [0.05, 0.1) is 10.7 Å². The van der Waals surface area contributed by atoms with Crippen molar-refractivity contribution in [1.82, 2.24) is 4.90 Å². The molecule has 1 fully saturated rings. The van der Waals surface area contributed by atoms with Gasteiger partial charge in [-0.15, -0.1) is 0 Å². The Morgan fingerprint density at radius 2 is 1.63 bits per heavy atom. The van der Waals surface area contributed by atoms with E-state index in [4.69, 9.17) is 23.1 Å². The largest absolute Gasteiger partial charge is 0.369 e. The second-order valence-corrected chi connectivity index (χ2v) is 9.41. The molecule has 4 rings (SSSR count). The van der Waals surface area contributed by atoms with Gasteiger partial charge < -0.3 is 21.7 Å². The minimum atomic E-state index is -0.933. The van der Waals surface area contributed by atoms with Crippen LogP contribution in [0.25, 0.3) is 0 Å². The van der Waals surface area contributed by atoms with Crippen molar-refractivity contribution >= 4 is 29.1 Å².